The van der Waals surface area contributed by atoms with E-state index in [0.717, 1.165) is 32.4 Å². The molecule has 1 atom stereocenters. The molecule has 0 radical (unpaired) electrons. The number of rotatable bonds is 3. The Morgan fingerprint density at radius 2 is 2.20 bits per heavy atom. The Morgan fingerprint density at radius 1 is 1.47 bits per heavy atom. The third-order valence-corrected chi connectivity index (χ3v) is 3.78. The minimum atomic E-state index is 0.100. The average molecular weight is 210 g/mol. The smallest absolute Gasteiger partial charge is 0.220 e. The molecule has 0 spiro atoms. The van der Waals surface area contributed by atoms with E-state index in [-0.39, 0.29) is 11.4 Å². The van der Waals surface area contributed by atoms with Crippen molar-refractivity contribution >= 4 is 5.91 Å². The first kappa shape index (κ1) is 10.9. The van der Waals surface area contributed by atoms with E-state index in [1.54, 1.807) is 0 Å². The molecule has 3 heteroatoms. The zero-order valence-corrected chi connectivity index (χ0v) is 9.64. The van der Waals surface area contributed by atoms with Gasteiger partial charge in [0.1, 0.15) is 0 Å². The van der Waals surface area contributed by atoms with Crippen LogP contribution in [0, 0.1) is 5.92 Å². The van der Waals surface area contributed by atoms with Crippen molar-refractivity contribution in [3.8, 4) is 0 Å². The predicted octanol–water partition coefficient (Wildman–Crippen LogP) is 1.43. The van der Waals surface area contributed by atoms with Gasteiger partial charge >= 0.3 is 0 Å². The molecule has 0 aromatic rings. The minimum absolute atomic E-state index is 0.100. The van der Waals surface area contributed by atoms with Crippen LogP contribution in [0.2, 0.25) is 0 Å². The number of hydrogen-bond acceptors (Lipinski definition) is 2. The van der Waals surface area contributed by atoms with Crippen molar-refractivity contribution < 1.29 is 4.79 Å². The van der Waals surface area contributed by atoms with Crippen molar-refractivity contribution in [2.24, 2.45) is 5.92 Å². The zero-order valence-electron chi connectivity index (χ0n) is 9.64. The van der Waals surface area contributed by atoms with Crippen LogP contribution >= 0.6 is 0 Å². The van der Waals surface area contributed by atoms with Gasteiger partial charge in [-0.05, 0) is 45.2 Å². The predicted molar refractivity (Wildman–Crippen MR) is 60.6 cm³/mol. The maximum atomic E-state index is 11.8. The normalized spacial score (nSPS) is 29.3. The van der Waals surface area contributed by atoms with Gasteiger partial charge in [-0.25, -0.2) is 0 Å². The summed E-state index contributed by atoms with van der Waals surface area (Å²) < 4.78 is 0. The zero-order chi connectivity index (χ0) is 10.7. The molecule has 0 bridgehead atoms. The van der Waals surface area contributed by atoms with E-state index in [9.17, 15) is 4.79 Å². The van der Waals surface area contributed by atoms with Gasteiger partial charge in [0.05, 0.1) is 0 Å². The molecule has 86 valence electrons. The van der Waals surface area contributed by atoms with Crippen molar-refractivity contribution in [1.82, 2.24) is 10.6 Å². The highest BCUT2D eigenvalue weighted by atomic mass is 16.1. The molecule has 2 aliphatic rings. The van der Waals surface area contributed by atoms with Gasteiger partial charge in [0.15, 0.2) is 0 Å². The van der Waals surface area contributed by atoms with Crippen molar-refractivity contribution in [3.63, 3.8) is 0 Å². The molecule has 1 unspecified atom stereocenters. The lowest BCUT2D eigenvalue weighted by atomic mass is 9.98. The highest BCUT2D eigenvalue weighted by Crippen LogP contribution is 2.29. The van der Waals surface area contributed by atoms with Gasteiger partial charge < -0.3 is 10.6 Å². The third-order valence-electron chi connectivity index (χ3n) is 3.78. The molecule has 2 N–H and O–H groups in total. The first-order valence-electron chi connectivity index (χ1n) is 6.20. The first-order chi connectivity index (χ1) is 7.18. The Morgan fingerprint density at radius 3 is 2.80 bits per heavy atom. The largest absolute Gasteiger partial charge is 0.351 e. The Kier molecular flexibility index (Phi) is 3.29. The summed E-state index contributed by atoms with van der Waals surface area (Å²) in [4.78, 5) is 11.8. The lowest BCUT2D eigenvalue weighted by Gasteiger charge is -2.26. The number of amides is 1. The highest BCUT2D eigenvalue weighted by Gasteiger charge is 2.30. The Bertz CT molecular complexity index is 228. The molecule has 15 heavy (non-hydrogen) atoms. The van der Waals surface area contributed by atoms with Crippen LogP contribution in [0.15, 0.2) is 0 Å². The standard InChI is InChI=1S/C12H22N2O/c1-12(5-2-3-6-12)14-11(15)8-10-4-7-13-9-10/h10,13H,2-9H2,1H3,(H,14,15). The fourth-order valence-corrected chi connectivity index (χ4v) is 2.82. The molecular weight excluding hydrogens is 188 g/mol. The van der Waals surface area contributed by atoms with Crippen molar-refractivity contribution in [1.29, 1.82) is 0 Å². The van der Waals surface area contributed by atoms with Gasteiger partial charge in [0.2, 0.25) is 5.91 Å². The van der Waals surface area contributed by atoms with Crippen LogP contribution in [0.3, 0.4) is 0 Å². The van der Waals surface area contributed by atoms with Gasteiger partial charge in [0.25, 0.3) is 0 Å². The van der Waals surface area contributed by atoms with Crippen LogP contribution in [0.4, 0.5) is 0 Å². The van der Waals surface area contributed by atoms with Crippen LogP contribution in [-0.4, -0.2) is 24.5 Å². The second kappa shape index (κ2) is 4.52. The van der Waals surface area contributed by atoms with E-state index in [4.69, 9.17) is 0 Å². The van der Waals surface area contributed by atoms with Crippen LogP contribution in [0.25, 0.3) is 0 Å². The molecule has 1 heterocycles. The number of nitrogens with one attached hydrogen (secondary N) is 2. The summed E-state index contributed by atoms with van der Waals surface area (Å²) in [6.07, 6.45) is 6.71. The molecule has 2 rings (SSSR count). The monoisotopic (exact) mass is 210 g/mol. The highest BCUT2D eigenvalue weighted by molar-refractivity contribution is 5.77. The topological polar surface area (TPSA) is 41.1 Å². The first-order valence-corrected chi connectivity index (χ1v) is 6.20. The minimum Gasteiger partial charge on any atom is -0.351 e. The van der Waals surface area contributed by atoms with Crippen molar-refractivity contribution in [2.75, 3.05) is 13.1 Å². The van der Waals surface area contributed by atoms with Crippen molar-refractivity contribution in [2.45, 2.75) is 51.0 Å². The Hall–Kier alpha value is -0.570. The lowest BCUT2D eigenvalue weighted by molar-refractivity contribution is -0.123. The fourth-order valence-electron chi connectivity index (χ4n) is 2.82. The number of carbonyl (C=O) groups is 1. The van der Waals surface area contributed by atoms with Crippen LogP contribution in [0.1, 0.15) is 45.4 Å². The Labute approximate surface area is 92.0 Å². The van der Waals surface area contributed by atoms with Gasteiger partial charge in [0, 0.05) is 12.0 Å². The van der Waals surface area contributed by atoms with Crippen LogP contribution in [0.5, 0.6) is 0 Å². The molecule has 1 saturated carbocycles. The number of carbonyl (C=O) groups excluding carboxylic acids is 1. The summed E-state index contributed by atoms with van der Waals surface area (Å²) in [5, 5.41) is 6.52. The summed E-state index contributed by atoms with van der Waals surface area (Å²) in [7, 11) is 0. The van der Waals surface area contributed by atoms with Gasteiger partial charge in [-0.15, -0.1) is 0 Å². The fraction of sp³-hybridized carbons (Fsp3) is 0.917. The van der Waals surface area contributed by atoms with Crippen LogP contribution in [-0.2, 0) is 4.79 Å². The van der Waals surface area contributed by atoms with E-state index < -0.39 is 0 Å². The molecule has 1 aliphatic heterocycles. The van der Waals surface area contributed by atoms with E-state index >= 15 is 0 Å². The third kappa shape index (κ3) is 2.94. The second-order valence-electron chi connectivity index (χ2n) is 5.38. The maximum absolute atomic E-state index is 11.8. The molecule has 2 fully saturated rings. The molecule has 0 aromatic carbocycles. The summed E-state index contributed by atoms with van der Waals surface area (Å²) in [6.45, 7) is 4.28. The quantitative estimate of drug-likeness (QED) is 0.740. The maximum Gasteiger partial charge on any atom is 0.220 e. The molecule has 1 amide bonds. The summed E-state index contributed by atoms with van der Waals surface area (Å²) in [5.41, 5.74) is 0.100. The van der Waals surface area contributed by atoms with Gasteiger partial charge in [-0.3, -0.25) is 4.79 Å². The van der Waals surface area contributed by atoms with E-state index in [0.29, 0.717) is 12.3 Å². The van der Waals surface area contributed by atoms with E-state index in [1.165, 1.54) is 12.8 Å². The molecule has 1 aliphatic carbocycles. The Balaban J connectivity index is 1.76. The van der Waals surface area contributed by atoms with E-state index in [2.05, 4.69) is 17.6 Å². The molecule has 3 nitrogen and oxygen atoms in total. The molecule has 0 aromatic heterocycles. The molecular formula is C12H22N2O. The summed E-state index contributed by atoms with van der Waals surface area (Å²) in [5.74, 6) is 0.822. The lowest BCUT2D eigenvalue weighted by Crippen LogP contribution is -2.44. The summed E-state index contributed by atoms with van der Waals surface area (Å²) in [6, 6.07) is 0. The average Bonchev–Trinajstić information content (AvgIpc) is 2.76. The SMILES string of the molecule is CC1(NC(=O)CC2CCNC2)CCCC1. The summed E-state index contributed by atoms with van der Waals surface area (Å²) >= 11 is 0. The van der Waals surface area contributed by atoms with Crippen molar-refractivity contribution in [3.05, 3.63) is 0 Å². The van der Waals surface area contributed by atoms with Gasteiger partial charge in [-0.1, -0.05) is 12.8 Å². The van der Waals surface area contributed by atoms with E-state index in [1.807, 2.05) is 0 Å². The molecule has 1 saturated heterocycles. The van der Waals surface area contributed by atoms with Gasteiger partial charge in [-0.2, -0.15) is 0 Å². The second-order valence-corrected chi connectivity index (χ2v) is 5.38. The number of hydrogen-bond donors (Lipinski definition) is 2. The van der Waals surface area contributed by atoms with Crippen LogP contribution < -0.4 is 10.6 Å².